The number of oxime groups is 1. The van der Waals surface area contributed by atoms with Crippen LogP contribution in [0.1, 0.15) is 12.5 Å². The summed E-state index contributed by atoms with van der Waals surface area (Å²) < 4.78 is 0. The largest absolute Gasteiger partial charge is 0.411 e. The first-order valence-corrected chi connectivity index (χ1v) is 3.89. The van der Waals surface area contributed by atoms with Crippen molar-refractivity contribution in [2.75, 3.05) is 0 Å². The number of benzene rings is 1. The standard InChI is InChI=1S/C9H10N2O2/c1-7(10-12)9(11-13)8-5-3-2-4-6-8/h2-7,13H,1H3. The Morgan fingerprint density at radius 1 is 1.38 bits per heavy atom. The molecule has 0 aliphatic rings. The van der Waals surface area contributed by atoms with Crippen LogP contribution in [0.25, 0.3) is 0 Å². The Bertz CT molecular complexity index is 309. The van der Waals surface area contributed by atoms with Crippen molar-refractivity contribution < 1.29 is 5.21 Å². The molecule has 0 bridgehead atoms. The van der Waals surface area contributed by atoms with Crippen LogP contribution in [0.3, 0.4) is 0 Å². The third-order valence-electron chi connectivity index (χ3n) is 1.73. The molecular weight excluding hydrogens is 168 g/mol. The summed E-state index contributed by atoms with van der Waals surface area (Å²) in [5.74, 6) is 0. The molecule has 1 N–H and O–H groups in total. The van der Waals surface area contributed by atoms with Gasteiger partial charge in [-0.1, -0.05) is 40.7 Å². The number of nitrogens with zero attached hydrogens (tertiary/aromatic N) is 2. The van der Waals surface area contributed by atoms with E-state index in [1.54, 1.807) is 31.2 Å². The van der Waals surface area contributed by atoms with E-state index in [0.29, 0.717) is 5.56 Å². The average molecular weight is 178 g/mol. The number of hydrogen-bond donors (Lipinski definition) is 1. The minimum absolute atomic E-state index is 0.288. The van der Waals surface area contributed by atoms with Crippen LogP contribution in [0, 0.1) is 4.91 Å². The maximum absolute atomic E-state index is 10.2. The van der Waals surface area contributed by atoms with Gasteiger partial charge in [-0.05, 0) is 6.92 Å². The quantitative estimate of drug-likeness (QED) is 0.333. The summed E-state index contributed by atoms with van der Waals surface area (Å²) in [5.41, 5.74) is 0.993. The smallest absolute Gasteiger partial charge is 0.135 e. The third kappa shape index (κ3) is 2.11. The molecule has 1 atom stereocenters. The number of rotatable bonds is 3. The van der Waals surface area contributed by atoms with E-state index in [-0.39, 0.29) is 5.71 Å². The van der Waals surface area contributed by atoms with Crippen molar-refractivity contribution in [3.05, 3.63) is 40.8 Å². The van der Waals surface area contributed by atoms with Crippen molar-refractivity contribution in [1.82, 2.24) is 0 Å². The van der Waals surface area contributed by atoms with E-state index in [1.807, 2.05) is 6.07 Å². The van der Waals surface area contributed by atoms with Crippen LogP contribution in [0.4, 0.5) is 0 Å². The van der Waals surface area contributed by atoms with Crippen LogP contribution >= 0.6 is 0 Å². The van der Waals surface area contributed by atoms with Gasteiger partial charge in [-0.2, -0.15) is 4.91 Å². The van der Waals surface area contributed by atoms with Crippen LogP contribution in [0.15, 0.2) is 40.7 Å². The summed E-state index contributed by atoms with van der Waals surface area (Å²) in [4.78, 5) is 10.2. The maximum Gasteiger partial charge on any atom is 0.135 e. The first kappa shape index (κ1) is 9.38. The molecular formula is C9H10N2O2. The molecule has 1 unspecified atom stereocenters. The summed E-state index contributed by atoms with van der Waals surface area (Å²) in [6, 6.07) is 8.34. The Morgan fingerprint density at radius 3 is 2.46 bits per heavy atom. The van der Waals surface area contributed by atoms with Crippen molar-refractivity contribution >= 4 is 5.71 Å². The highest BCUT2D eigenvalue weighted by Gasteiger charge is 2.12. The van der Waals surface area contributed by atoms with Crippen molar-refractivity contribution in [2.45, 2.75) is 13.0 Å². The Labute approximate surface area is 75.9 Å². The van der Waals surface area contributed by atoms with Gasteiger partial charge in [-0.3, -0.25) is 0 Å². The molecule has 0 saturated carbocycles. The van der Waals surface area contributed by atoms with E-state index >= 15 is 0 Å². The van der Waals surface area contributed by atoms with Crippen LogP contribution in [0.2, 0.25) is 0 Å². The molecule has 0 saturated heterocycles. The molecule has 0 aromatic heterocycles. The zero-order chi connectivity index (χ0) is 9.68. The molecule has 0 radical (unpaired) electrons. The van der Waals surface area contributed by atoms with Gasteiger partial charge in [-0.25, -0.2) is 0 Å². The maximum atomic E-state index is 10.2. The Balaban J connectivity index is 2.99. The van der Waals surface area contributed by atoms with E-state index in [4.69, 9.17) is 5.21 Å². The summed E-state index contributed by atoms with van der Waals surface area (Å²) in [6.07, 6.45) is 0. The van der Waals surface area contributed by atoms with Gasteiger partial charge in [0, 0.05) is 5.56 Å². The lowest BCUT2D eigenvalue weighted by molar-refractivity contribution is 0.317. The topological polar surface area (TPSA) is 62.0 Å². The van der Waals surface area contributed by atoms with Gasteiger partial charge in [0.1, 0.15) is 11.8 Å². The number of hydrogen-bond acceptors (Lipinski definition) is 4. The molecule has 4 nitrogen and oxygen atoms in total. The fourth-order valence-corrected chi connectivity index (χ4v) is 1.04. The molecule has 13 heavy (non-hydrogen) atoms. The second-order valence-electron chi connectivity index (χ2n) is 2.63. The highest BCUT2D eigenvalue weighted by Crippen LogP contribution is 2.06. The lowest BCUT2D eigenvalue weighted by atomic mass is 10.1. The summed E-state index contributed by atoms with van der Waals surface area (Å²) in [5, 5.41) is 14.5. The predicted molar refractivity (Wildman–Crippen MR) is 50.0 cm³/mol. The number of nitroso groups, excluding NO2 is 1. The fraction of sp³-hybridized carbons (Fsp3) is 0.222. The molecule has 68 valence electrons. The van der Waals surface area contributed by atoms with Gasteiger partial charge < -0.3 is 5.21 Å². The Hall–Kier alpha value is -1.71. The predicted octanol–water partition coefficient (Wildman–Crippen LogP) is 2.02. The van der Waals surface area contributed by atoms with Crippen LogP contribution < -0.4 is 0 Å². The van der Waals surface area contributed by atoms with Gasteiger partial charge in [-0.15, -0.1) is 0 Å². The van der Waals surface area contributed by atoms with Crippen LogP contribution in [-0.2, 0) is 0 Å². The van der Waals surface area contributed by atoms with Crippen molar-refractivity contribution in [3.63, 3.8) is 0 Å². The van der Waals surface area contributed by atoms with Crippen LogP contribution in [-0.4, -0.2) is 17.0 Å². The van der Waals surface area contributed by atoms with E-state index in [1.165, 1.54) is 0 Å². The third-order valence-corrected chi connectivity index (χ3v) is 1.73. The second kappa shape index (κ2) is 4.35. The molecule has 0 amide bonds. The van der Waals surface area contributed by atoms with Crippen molar-refractivity contribution in [1.29, 1.82) is 0 Å². The molecule has 1 rings (SSSR count). The molecule has 1 aromatic carbocycles. The van der Waals surface area contributed by atoms with E-state index in [2.05, 4.69) is 10.3 Å². The molecule has 1 aromatic rings. The van der Waals surface area contributed by atoms with Gasteiger partial charge in [0.05, 0.1) is 0 Å². The normalized spacial score (nSPS) is 13.8. The molecule has 4 heteroatoms. The van der Waals surface area contributed by atoms with Gasteiger partial charge in [0.25, 0.3) is 0 Å². The van der Waals surface area contributed by atoms with Crippen LogP contribution in [0.5, 0.6) is 0 Å². The van der Waals surface area contributed by atoms with E-state index in [9.17, 15) is 4.91 Å². The SMILES string of the molecule is CC(N=O)C(=NO)c1ccccc1. The fourth-order valence-electron chi connectivity index (χ4n) is 1.04. The lowest BCUT2D eigenvalue weighted by Crippen LogP contribution is -2.15. The lowest BCUT2D eigenvalue weighted by Gasteiger charge is -2.04. The minimum Gasteiger partial charge on any atom is -0.411 e. The zero-order valence-corrected chi connectivity index (χ0v) is 7.21. The highest BCUT2D eigenvalue weighted by molar-refractivity contribution is 6.03. The second-order valence-corrected chi connectivity index (χ2v) is 2.63. The van der Waals surface area contributed by atoms with Gasteiger partial charge in [0.15, 0.2) is 0 Å². The zero-order valence-electron chi connectivity index (χ0n) is 7.21. The van der Waals surface area contributed by atoms with Crippen molar-refractivity contribution in [2.24, 2.45) is 10.3 Å². The summed E-state index contributed by atoms with van der Waals surface area (Å²) in [7, 11) is 0. The molecule has 0 fully saturated rings. The minimum atomic E-state index is -0.632. The summed E-state index contributed by atoms with van der Waals surface area (Å²) in [6.45, 7) is 1.58. The van der Waals surface area contributed by atoms with E-state index < -0.39 is 6.04 Å². The average Bonchev–Trinajstić information content (AvgIpc) is 2.20. The van der Waals surface area contributed by atoms with Gasteiger partial charge >= 0.3 is 0 Å². The van der Waals surface area contributed by atoms with E-state index in [0.717, 1.165) is 0 Å². The van der Waals surface area contributed by atoms with Crippen molar-refractivity contribution in [3.8, 4) is 0 Å². The Morgan fingerprint density at radius 2 is 2.00 bits per heavy atom. The molecule has 0 aliphatic heterocycles. The highest BCUT2D eigenvalue weighted by atomic mass is 16.4. The molecule has 0 aliphatic carbocycles. The Kier molecular flexibility index (Phi) is 3.14. The first-order valence-electron chi connectivity index (χ1n) is 3.89. The monoisotopic (exact) mass is 178 g/mol. The molecule has 0 spiro atoms. The van der Waals surface area contributed by atoms with Gasteiger partial charge in [0.2, 0.25) is 0 Å². The summed E-state index contributed by atoms with van der Waals surface area (Å²) >= 11 is 0. The molecule has 0 heterocycles. The first-order chi connectivity index (χ1) is 6.29.